The van der Waals surface area contributed by atoms with Gasteiger partial charge in [0.2, 0.25) is 11.8 Å². The van der Waals surface area contributed by atoms with Gasteiger partial charge in [-0.25, -0.2) is 0 Å². The first-order valence-electron chi connectivity index (χ1n) is 9.39. The molecule has 2 aromatic rings. The summed E-state index contributed by atoms with van der Waals surface area (Å²) < 4.78 is 0. The van der Waals surface area contributed by atoms with E-state index in [9.17, 15) is 9.59 Å². The molecular formula is C22H26Cl2N2O2. The van der Waals surface area contributed by atoms with E-state index in [2.05, 4.69) is 5.32 Å². The lowest BCUT2D eigenvalue weighted by atomic mass is 10.1. The summed E-state index contributed by atoms with van der Waals surface area (Å²) in [6.07, 6.45) is 0.988. The van der Waals surface area contributed by atoms with Gasteiger partial charge in [0, 0.05) is 13.1 Å². The second kappa shape index (κ2) is 10.5. The van der Waals surface area contributed by atoms with Gasteiger partial charge < -0.3 is 10.2 Å². The van der Waals surface area contributed by atoms with E-state index < -0.39 is 6.04 Å². The SMILES string of the molecule is CCCNC(=O)C(C)N(Cc1ccccc1C)C(=O)Cc1ccc(Cl)c(Cl)c1. The van der Waals surface area contributed by atoms with Gasteiger partial charge in [-0.2, -0.15) is 0 Å². The minimum Gasteiger partial charge on any atom is -0.354 e. The molecule has 0 saturated heterocycles. The Kier molecular flexibility index (Phi) is 8.34. The van der Waals surface area contributed by atoms with E-state index in [0.29, 0.717) is 23.1 Å². The Morgan fingerprint density at radius 3 is 2.46 bits per heavy atom. The number of rotatable bonds is 8. The van der Waals surface area contributed by atoms with Gasteiger partial charge in [-0.1, -0.05) is 60.5 Å². The maximum Gasteiger partial charge on any atom is 0.242 e. The van der Waals surface area contributed by atoms with Gasteiger partial charge in [0.15, 0.2) is 0 Å². The minimum absolute atomic E-state index is 0.138. The summed E-state index contributed by atoms with van der Waals surface area (Å²) in [5.41, 5.74) is 2.85. The number of benzene rings is 2. The van der Waals surface area contributed by atoms with E-state index in [1.807, 2.05) is 38.1 Å². The fourth-order valence-electron chi connectivity index (χ4n) is 2.88. The van der Waals surface area contributed by atoms with Crippen molar-refractivity contribution in [1.82, 2.24) is 10.2 Å². The molecule has 0 aliphatic rings. The van der Waals surface area contributed by atoms with Crippen LogP contribution in [0, 0.1) is 6.92 Å². The van der Waals surface area contributed by atoms with Crippen LogP contribution in [0.25, 0.3) is 0 Å². The van der Waals surface area contributed by atoms with Gasteiger partial charge in [-0.3, -0.25) is 9.59 Å². The summed E-state index contributed by atoms with van der Waals surface area (Å²) in [5, 5.41) is 3.73. The Morgan fingerprint density at radius 2 is 1.82 bits per heavy atom. The van der Waals surface area contributed by atoms with E-state index in [4.69, 9.17) is 23.2 Å². The highest BCUT2D eigenvalue weighted by atomic mass is 35.5. The lowest BCUT2D eigenvalue weighted by Gasteiger charge is -2.29. The van der Waals surface area contributed by atoms with E-state index in [-0.39, 0.29) is 18.2 Å². The van der Waals surface area contributed by atoms with Crippen molar-refractivity contribution in [2.45, 2.75) is 46.2 Å². The lowest BCUT2D eigenvalue weighted by Crippen LogP contribution is -2.48. The number of nitrogens with one attached hydrogen (secondary N) is 1. The molecule has 0 heterocycles. The molecule has 28 heavy (non-hydrogen) atoms. The second-order valence-electron chi connectivity index (χ2n) is 6.84. The number of halogens is 2. The fourth-order valence-corrected chi connectivity index (χ4v) is 3.20. The molecule has 0 fully saturated rings. The van der Waals surface area contributed by atoms with Crippen molar-refractivity contribution < 1.29 is 9.59 Å². The molecule has 4 nitrogen and oxygen atoms in total. The second-order valence-corrected chi connectivity index (χ2v) is 7.65. The van der Waals surface area contributed by atoms with Crippen LogP contribution >= 0.6 is 23.2 Å². The predicted octanol–water partition coefficient (Wildman–Crippen LogP) is 4.79. The molecule has 1 N–H and O–H groups in total. The van der Waals surface area contributed by atoms with Crippen LogP contribution in [0.2, 0.25) is 10.0 Å². The van der Waals surface area contributed by atoms with Crippen LogP contribution in [0.3, 0.4) is 0 Å². The highest BCUT2D eigenvalue weighted by Crippen LogP contribution is 2.23. The Hall–Kier alpha value is -2.04. The minimum atomic E-state index is -0.582. The zero-order chi connectivity index (χ0) is 20.7. The molecule has 0 saturated carbocycles. The normalized spacial score (nSPS) is 11.8. The van der Waals surface area contributed by atoms with Gasteiger partial charge in [-0.05, 0) is 49.1 Å². The van der Waals surface area contributed by atoms with E-state index in [1.54, 1.807) is 30.0 Å². The maximum absolute atomic E-state index is 13.1. The quantitative estimate of drug-likeness (QED) is 0.667. The van der Waals surface area contributed by atoms with Crippen LogP contribution in [0.15, 0.2) is 42.5 Å². The molecule has 0 radical (unpaired) electrons. The van der Waals surface area contributed by atoms with Crippen LogP contribution < -0.4 is 5.32 Å². The van der Waals surface area contributed by atoms with Crippen LogP contribution in [-0.4, -0.2) is 29.3 Å². The first kappa shape index (κ1) is 22.3. The summed E-state index contributed by atoms with van der Waals surface area (Å²) in [7, 11) is 0. The summed E-state index contributed by atoms with van der Waals surface area (Å²) in [4.78, 5) is 27.3. The third kappa shape index (κ3) is 5.98. The molecule has 0 aliphatic heterocycles. The van der Waals surface area contributed by atoms with Crippen molar-refractivity contribution in [2.24, 2.45) is 0 Å². The van der Waals surface area contributed by atoms with Crippen molar-refractivity contribution in [3.63, 3.8) is 0 Å². The highest BCUT2D eigenvalue weighted by molar-refractivity contribution is 6.42. The van der Waals surface area contributed by atoms with Crippen molar-refractivity contribution in [3.8, 4) is 0 Å². The van der Waals surface area contributed by atoms with Crippen LogP contribution in [-0.2, 0) is 22.6 Å². The van der Waals surface area contributed by atoms with Crippen LogP contribution in [0.5, 0.6) is 0 Å². The van der Waals surface area contributed by atoms with Crippen molar-refractivity contribution in [1.29, 1.82) is 0 Å². The number of hydrogen-bond donors (Lipinski definition) is 1. The van der Waals surface area contributed by atoms with Gasteiger partial charge in [-0.15, -0.1) is 0 Å². The first-order valence-corrected chi connectivity index (χ1v) is 10.1. The van der Waals surface area contributed by atoms with E-state index >= 15 is 0 Å². The molecule has 2 amide bonds. The lowest BCUT2D eigenvalue weighted by molar-refractivity contribution is -0.140. The third-order valence-corrected chi connectivity index (χ3v) is 5.40. The Labute approximate surface area is 176 Å². The van der Waals surface area contributed by atoms with Crippen LogP contribution in [0.4, 0.5) is 0 Å². The Bertz CT molecular complexity index is 839. The molecule has 1 atom stereocenters. The van der Waals surface area contributed by atoms with Gasteiger partial charge in [0.1, 0.15) is 6.04 Å². The van der Waals surface area contributed by atoms with Gasteiger partial charge in [0.05, 0.1) is 16.5 Å². The maximum atomic E-state index is 13.1. The van der Waals surface area contributed by atoms with Crippen molar-refractivity contribution >= 4 is 35.0 Å². The molecule has 0 aliphatic carbocycles. The largest absolute Gasteiger partial charge is 0.354 e. The third-order valence-electron chi connectivity index (χ3n) is 4.66. The number of aryl methyl sites for hydroxylation is 1. The summed E-state index contributed by atoms with van der Waals surface area (Å²) in [6.45, 7) is 6.70. The van der Waals surface area contributed by atoms with Crippen LogP contribution in [0.1, 0.15) is 37.0 Å². The number of hydrogen-bond acceptors (Lipinski definition) is 2. The number of carbonyl (C=O) groups is 2. The fraction of sp³-hybridized carbons (Fsp3) is 0.364. The summed E-state index contributed by atoms with van der Waals surface area (Å²) in [5.74, 6) is -0.293. The van der Waals surface area contributed by atoms with Crippen molar-refractivity contribution in [3.05, 3.63) is 69.2 Å². The molecule has 0 spiro atoms. The summed E-state index contributed by atoms with van der Waals surface area (Å²) >= 11 is 12.0. The monoisotopic (exact) mass is 420 g/mol. The zero-order valence-corrected chi connectivity index (χ0v) is 18.0. The average molecular weight is 421 g/mol. The molecule has 150 valence electrons. The molecule has 6 heteroatoms. The predicted molar refractivity (Wildman–Crippen MR) is 115 cm³/mol. The number of amides is 2. The zero-order valence-electron chi connectivity index (χ0n) is 16.5. The Morgan fingerprint density at radius 1 is 1.11 bits per heavy atom. The van der Waals surface area contributed by atoms with E-state index in [0.717, 1.165) is 23.1 Å². The topological polar surface area (TPSA) is 49.4 Å². The number of nitrogens with zero attached hydrogens (tertiary/aromatic N) is 1. The highest BCUT2D eigenvalue weighted by Gasteiger charge is 2.26. The Balaban J connectivity index is 2.25. The van der Waals surface area contributed by atoms with Gasteiger partial charge >= 0.3 is 0 Å². The molecule has 0 bridgehead atoms. The molecule has 0 aromatic heterocycles. The smallest absolute Gasteiger partial charge is 0.242 e. The average Bonchev–Trinajstić information content (AvgIpc) is 2.67. The first-order chi connectivity index (χ1) is 13.3. The molecular weight excluding hydrogens is 395 g/mol. The van der Waals surface area contributed by atoms with Crippen molar-refractivity contribution in [2.75, 3.05) is 6.54 Å². The molecule has 2 rings (SSSR count). The molecule has 2 aromatic carbocycles. The van der Waals surface area contributed by atoms with Gasteiger partial charge in [0.25, 0.3) is 0 Å². The number of carbonyl (C=O) groups excluding carboxylic acids is 2. The summed E-state index contributed by atoms with van der Waals surface area (Å²) in [6, 6.07) is 12.4. The standard InChI is InChI=1S/C22H26Cl2N2O2/c1-4-11-25-22(28)16(3)26(14-18-8-6-5-7-15(18)2)21(27)13-17-9-10-19(23)20(24)12-17/h5-10,12,16H,4,11,13-14H2,1-3H3,(H,25,28). The van der Waals surface area contributed by atoms with E-state index in [1.165, 1.54) is 0 Å². The molecule has 1 unspecified atom stereocenters.